The molecule has 0 aromatic carbocycles. The first kappa shape index (κ1) is 44.2. The fraction of sp³-hybridized carbons (Fsp3) is 0.735. The number of carboxylic acids is 1. The summed E-state index contributed by atoms with van der Waals surface area (Å²) in [5, 5.41) is 43.2. The highest BCUT2D eigenvalue weighted by Crippen LogP contribution is 2.23. The number of nitrogens with two attached hydrogens (primary N) is 2. The van der Waals surface area contributed by atoms with Gasteiger partial charge in [0.15, 0.2) is 11.9 Å². The minimum Gasteiger partial charge on any atom is -0.480 e. The van der Waals surface area contributed by atoms with Crippen LogP contribution in [-0.4, -0.2) is 144 Å². The third-order valence-electron chi connectivity index (χ3n) is 9.93. The molecule has 3 saturated heterocycles. The van der Waals surface area contributed by atoms with Gasteiger partial charge < -0.3 is 63.6 Å². The van der Waals surface area contributed by atoms with Crippen LogP contribution in [0.15, 0.2) is 0 Å². The Hall–Kier alpha value is -5.21. The SMILES string of the molecule is CC(C)[C@H](NC(=O)CNC(=O)[C@@H]1CCCN1C(=O)[C@H](CCCNC(=N)N)NC(=O)[C@@H]1CCCN1C(=O)[C@H](CCCNC(=N)N)NC(=O)[C@@H]1CCCN1)C(=O)O. The average molecular weight is 778 g/mol. The van der Waals surface area contributed by atoms with Crippen LogP contribution >= 0.6 is 0 Å². The molecule has 0 bridgehead atoms. The van der Waals surface area contributed by atoms with E-state index in [1.165, 1.54) is 9.80 Å². The van der Waals surface area contributed by atoms with Crippen LogP contribution in [0.5, 0.6) is 0 Å². The molecule has 0 aliphatic carbocycles. The monoisotopic (exact) mass is 777 g/mol. The van der Waals surface area contributed by atoms with Crippen molar-refractivity contribution in [2.45, 2.75) is 114 Å². The molecule has 3 aliphatic rings. The molecule has 3 fully saturated rings. The zero-order valence-corrected chi connectivity index (χ0v) is 31.7. The van der Waals surface area contributed by atoms with E-state index in [2.05, 4.69) is 37.2 Å². The first-order valence-corrected chi connectivity index (χ1v) is 19.0. The van der Waals surface area contributed by atoms with E-state index in [4.69, 9.17) is 22.3 Å². The lowest BCUT2D eigenvalue weighted by Gasteiger charge is -2.32. The molecule has 3 aliphatic heterocycles. The summed E-state index contributed by atoms with van der Waals surface area (Å²) in [5.74, 6) is -5.25. The molecular weight excluding hydrogens is 718 g/mol. The van der Waals surface area contributed by atoms with Gasteiger partial charge in [-0.2, -0.15) is 0 Å². The molecule has 0 spiro atoms. The van der Waals surface area contributed by atoms with Crippen molar-refractivity contribution in [3.63, 3.8) is 0 Å². The second-order valence-corrected chi connectivity index (χ2v) is 14.5. The number of carboxylic acid groups (broad SMARTS) is 1. The summed E-state index contributed by atoms with van der Waals surface area (Å²) in [7, 11) is 0. The number of rotatable bonds is 20. The Morgan fingerprint density at radius 2 is 1.24 bits per heavy atom. The van der Waals surface area contributed by atoms with Gasteiger partial charge in [0.25, 0.3) is 0 Å². The van der Waals surface area contributed by atoms with E-state index in [0.717, 1.165) is 6.42 Å². The molecule has 0 aromatic rings. The quantitative estimate of drug-likeness (QED) is 0.0326. The number of nitrogens with zero attached hydrogens (tertiary/aromatic N) is 2. The molecule has 6 atom stereocenters. The van der Waals surface area contributed by atoms with E-state index in [1.807, 2.05) is 0 Å². The van der Waals surface area contributed by atoms with E-state index in [-0.39, 0.29) is 50.3 Å². The van der Waals surface area contributed by atoms with Gasteiger partial charge in [0.1, 0.15) is 30.2 Å². The van der Waals surface area contributed by atoms with Crippen LogP contribution in [0, 0.1) is 16.7 Å². The lowest BCUT2D eigenvalue weighted by molar-refractivity contribution is -0.145. The van der Waals surface area contributed by atoms with Crippen LogP contribution in [0.25, 0.3) is 0 Å². The van der Waals surface area contributed by atoms with Gasteiger partial charge in [-0.3, -0.25) is 39.6 Å². The average Bonchev–Trinajstić information content (AvgIpc) is 3.93. The van der Waals surface area contributed by atoms with Crippen LogP contribution in [0.3, 0.4) is 0 Å². The maximum Gasteiger partial charge on any atom is 0.326 e. The number of carbonyl (C=O) groups excluding carboxylic acids is 6. The number of aliphatic carboxylic acids is 1. The Labute approximate surface area is 320 Å². The van der Waals surface area contributed by atoms with Crippen LogP contribution in [-0.2, 0) is 33.6 Å². The van der Waals surface area contributed by atoms with Gasteiger partial charge >= 0.3 is 5.97 Å². The lowest BCUT2D eigenvalue weighted by Crippen LogP contribution is -2.58. The van der Waals surface area contributed by atoms with E-state index in [0.29, 0.717) is 58.0 Å². The van der Waals surface area contributed by atoms with Gasteiger partial charge in [-0.25, -0.2) is 4.79 Å². The van der Waals surface area contributed by atoms with Crippen LogP contribution in [0.4, 0.5) is 0 Å². The third-order valence-corrected chi connectivity index (χ3v) is 9.93. The van der Waals surface area contributed by atoms with E-state index in [1.54, 1.807) is 13.8 Å². The first-order chi connectivity index (χ1) is 26.1. The summed E-state index contributed by atoms with van der Waals surface area (Å²) < 4.78 is 0. The predicted octanol–water partition coefficient (Wildman–Crippen LogP) is -3.44. The Bertz CT molecular complexity index is 1420. The molecule has 3 heterocycles. The molecule has 21 heteroatoms. The number of nitrogens with one attached hydrogen (secondary N) is 9. The van der Waals surface area contributed by atoms with Crippen molar-refractivity contribution in [1.29, 1.82) is 10.8 Å². The minimum absolute atomic E-state index is 0.112. The van der Waals surface area contributed by atoms with Gasteiger partial charge in [-0.05, 0) is 76.7 Å². The number of guanidine groups is 2. The van der Waals surface area contributed by atoms with Crippen molar-refractivity contribution in [2.75, 3.05) is 39.3 Å². The van der Waals surface area contributed by atoms with Crippen molar-refractivity contribution >= 4 is 53.3 Å². The molecule has 21 nitrogen and oxygen atoms in total. The zero-order valence-electron chi connectivity index (χ0n) is 31.7. The number of hydrogen-bond donors (Lipinski definition) is 12. The van der Waals surface area contributed by atoms with Crippen LogP contribution in [0.2, 0.25) is 0 Å². The smallest absolute Gasteiger partial charge is 0.326 e. The van der Waals surface area contributed by atoms with Crippen molar-refractivity contribution in [1.82, 2.24) is 47.0 Å². The minimum atomic E-state index is -1.21. The highest BCUT2D eigenvalue weighted by molar-refractivity contribution is 5.97. The first-order valence-electron chi connectivity index (χ1n) is 19.0. The fourth-order valence-corrected chi connectivity index (χ4v) is 7.05. The molecule has 0 saturated carbocycles. The van der Waals surface area contributed by atoms with Gasteiger partial charge in [0, 0.05) is 26.2 Å². The molecule has 6 amide bonds. The summed E-state index contributed by atoms with van der Waals surface area (Å²) in [6.45, 7) is 4.45. The molecular formula is C34H59N13O8. The maximum absolute atomic E-state index is 14.1. The van der Waals surface area contributed by atoms with Crippen molar-refractivity contribution in [3.05, 3.63) is 0 Å². The second-order valence-electron chi connectivity index (χ2n) is 14.5. The highest BCUT2D eigenvalue weighted by Gasteiger charge is 2.42. The lowest BCUT2D eigenvalue weighted by atomic mass is 10.0. The fourth-order valence-electron chi connectivity index (χ4n) is 7.05. The second kappa shape index (κ2) is 21.6. The number of carbonyl (C=O) groups is 7. The van der Waals surface area contributed by atoms with E-state index >= 15 is 0 Å². The molecule has 0 aromatic heterocycles. The molecule has 0 radical (unpaired) electrons. The van der Waals surface area contributed by atoms with Gasteiger partial charge in [-0.15, -0.1) is 0 Å². The van der Waals surface area contributed by atoms with Crippen molar-refractivity contribution < 1.29 is 38.7 Å². The van der Waals surface area contributed by atoms with Gasteiger partial charge in [0.05, 0.1) is 12.6 Å². The van der Waals surface area contributed by atoms with E-state index < -0.39 is 84.2 Å². The highest BCUT2D eigenvalue weighted by atomic mass is 16.4. The van der Waals surface area contributed by atoms with Crippen LogP contribution in [0.1, 0.15) is 78.1 Å². The van der Waals surface area contributed by atoms with Crippen molar-refractivity contribution in [3.8, 4) is 0 Å². The van der Waals surface area contributed by atoms with Crippen molar-refractivity contribution in [2.24, 2.45) is 17.4 Å². The van der Waals surface area contributed by atoms with Crippen LogP contribution < -0.4 is 48.7 Å². The predicted molar refractivity (Wildman–Crippen MR) is 200 cm³/mol. The Morgan fingerprint density at radius 1 is 0.727 bits per heavy atom. The van der Waals surface area contributed by atoms with E-state index in [9.17, 15) is 38.7 Å². The molecule has 14 N–H and O–H groups in total. The summed E-state index contributed by atoms with van der Waals surface area (Å²) in [6, 6.07) is -5.52. The summed E-state index contributed by atoms with van der Waals surface area (Å²) in [6.07, 6.45) is 4.11. The normalized spacial score (nSPS) is 20.9. The van der Waals surface area contributed by atoms with Gasteiger partial charge in [0.2, 0.25) is 35.4 Å². The standard InChI is InChI=1S/C34H59N13O8/c1-19(2)26(32(54)55)45-25(48)18-42-28(50)23-11-6-16-46(23)31(53)22(10-5-15-41-34(37)38)44-29(51)24-12-7-17-47(24)30(52)21(9-4-14-40-33(35)36)43-27(49)20-8-3-13-39-20/h19-24,26,39H,3-18H2,1-2H3,(H,42,50)(H,43,49)(H,44,51)(H,45,48)(H,54,55)(H4,35,36,40)(H4,37,38,41)/t20-,21-,22-,23-,24-,26-/m0/s1. The summed E-state index contributed by atoms with van der Waals surface area (Å²) >= 11 is 0. The van der Waals surface area contributed by atoms with Gasteiger partial charge in [-0.1, -0.05) is 13.8 Å². The number of amides is 6. The largest absolute Gasteiger partial charge is 0.480 e. The molecule has 308 valence electrons. The Kier molecular flexibility index (Phi) is 17.4. The molecule has 3 rings (SSSR count). The maximum atomic E-state index is 14.1. The third kappa shape index (κ3) is 13.5. The molecule has 55 heavy (non-hydrogen) atoms. The summed E-state index contributed by atoms with van der Waals surface area (Å²) in [4.78, 5) is 95.0. The Morgan fingerprint density at radius 3 is 1.69 bits per heavy atom. The Balaban J connectivity index is 1.72. The molecule has 0 unspecified atom stereocenters. The zero-order chi connectivity index (χ0) is 40.7. The number of hydrogen-bond acceptors (Lipinski definition) is 10. The topological polar surface area (TPSA) is 330 Å². The number of likely N-dealkylation sites (tertiary alicyclic amines) is 2. The summed E-state index contributed by atoms with van der Waals surface area (Å²) in [5.41, 5.74) is 10.8.